The Morgan fingerprint density at radius 3 is 2.78 bits per heavy atom. The molecule has 0 spiro atoms. The number of allylic oxidation sites excluding steroid dienone is 1. The van der Waals surface area contributed by atoms with E-state index in [1.165, 1.54) is 0 Å². The third-order valence-corrected chi connectivity index (χ3v) is 4.11. The minimum absolute atomic E-state index is 0.104. The molecule has 0 aliphatic heterocycles. The van der Waals surface area contributed by atoms with Gasteiger partial charge in [-0.25, -0.2) is 4.98 Å². The fourth-order valence-electron chi connectivity index (χ4n) is 2.21. The lowest BCUT2D eigenvalue weighted by molar-refractivity contribution is 0.275. The first-order chi connectivity index (χ1) is 11.1. The van der Waals surface area contributed by atoms with Crippen LogP contribution in [0.2, 0.25) is 10.0 Å². The number of benzene rings is 1. The molecule has 0 bridgehead atoms. The normalized spacial score (nSPS) is 11.5. The Bertz CT molecular complexity index is 784. The summed E-state index contributed by atoms with van der Waals surface area (Å²) >= 11 is 14.2. The fraction of sp³-hybridized carbons (Fsp3) is 0.176. The van der Waals surface area contributed by atoms with E-state index in [1.54, 1.807) is 24.4 Å². The number of aromatic nitrogens is 2. The molecule has 23 heavy (non-hydrogen) atoms. The molecule has 0 amide bonds. The maximum absolute atomic E-state index is 9.34. The van der Waals surface area contributed by atoms with Crippen LogP contribution in [0.5, 0.6) is 0 Å². The van der Waals surface area contributed by atoms with E-state index in [4.69, 9.17) is 23.2 Å². The lowest BCUT2D eigenvalue weighted by Crippen LogP contribution is -2.08. The van der Waals surface area contributed by atoms with Crippen LogP contribution in [0.4, 0.5) is 0 Å². The molecule has 2 aromatic rings. The molecule has 0 fully saturated rings. The van der Waals surface area contributed by atoms with Crippen molar-refractivity contribution in [3.05, 3.63) is 69.7 Å². The van der Waals surface area contributed by atoms with Crippen LogP contribution >= 0.6 is 45.8 Å². The molecular weight excluding hydrogens is 446 g/mol. The highest BCUT2D eigenvalue weighted by atomic mass is 127. The molecule has 2 rings (SSSR count). The fourth-order valence-corrected chi connectivity index (χ4v) is 3.01. The monoisotopic (exact) mass is 458 g/mol. The van der Waals surface area contributed by atoms with Crippen LogP contribution in [0.3, 0.4) is 0 Å². The largest absolute Gasteiger partial charge is 0.390 e. The second kappa shape index (κ2) is 8.65. The second-order valence-corrected chi connectivity index (χ2v) is 6.09. The maximum Gasteiger partial charge on any atom is 0.138 e. The predicted molar refractivity (Wildman–Crippen MR) is 102 cm³/mol. The van der Waals surface area contributed by atoms with Gasteiger partial charge in [-0.15, -0.1) is 6.58 Å². The van der Waals surface area contributed by atoms with Crippen molar-refractivity contribution in [1.82, 2.24) is 9.97 Å². The van der Waals surface area contributed by atoms with Gasteiger partial charge < -0.3 is 5.11 Å². The van der Waals surface area contributed by atoms with Gasteiger partial charge in [0.1, 0.15) is 11.4 Å². The molecular formula is C17H13Cl2IN2O. The second-order valence-electron chi connectivity index (χ2n) is 4.71. The average Bonchev–Trinajstić information content (AvgIpc) is 2.53. The molecule has 3 nitrogen and oxygen atoms in total. The smallest absolute Gasteiger partial charge is 0.138 e. The summed E-state index contributed by atoms with van der Waals surface area (Å²) < 4.78 is 2.76. The van der Waals surface area contributed by atoms with E-state index in [9.17, 15) is 5.11 Å². The van der Waals surface area contributed by atoms with Gasteiger partial charge in [0.05, 0.1) is 12.3 Å². The molecule has 1 N–H and O–H groups in total. The van der Waals surface area contributed by atoms with Gasteiger partial charge in [0.2, 0.25) is 0 Å². The van der Waals surface area contributed by atoms with Crippen molar-refractivity contribution in [1.29, 1.82) is 0 Å². The Labute approximate surface area is 158 Å². The highest BCUT2D eigenvalue weighted by Gasteiger charge is 2.19. The van der Waals surface area contributed by atoms with E-state index in [0.717, 1.165) is 11.3 Å². The minimum atomic E-state index is -0.207. The van der Waals surface area contributed by atoms with E-state index in [0.29, 0.717) is 27.9 Å². The van der Waals surface area contributed by atoms with Gasteiger partial charge in [0, 0.05) is 44.8 Å². The molecule has 6 heteroatoms. The van der Waals surface area contributed by atoms with Gasteiger partial charge in [-0.2, -0.15) is 0 Å². The van der Waals surface area contributed by atoms with Crippen molar-refractivity contribution < 1.29 is 5.11 Å². The van der Waals surface area contributed by atoms with Crippen LogP contribution in [0.15, 0.2) is 37.1 Å². The van der Waals surface area contributed by atoms with Gasteiger partial charge in [-0.3, -0.25) is 4.98 Å². The number of hydrogen-bond donors (Lipinski definition) is 1. The van der Waals surface area contributed by atoms with Crippen LogP contribution in [0.25, 0.3) is 0 Å². The van der Waals surface area contributed by atoms with E-state index in [-0.39, 0.29) is 12.5 Å². The van der Waals surface area contributed by atoms with E-state index < -0.39 is 0 Å². The minimum Gasteiger partial charge on any atom is -0.390 e. The summed E-state index contributed by atoms with van der Waals surface area (Å²) in [4.78, 5) is 8.82. The molecule has 0 saturated heterocycles. The lowest BCUT2D eigenvalue weighted by Gasteiger charge is -2.17. The van der Waals surface area contributed by atoms with Gasteiger partial charge in [0.25, 0.3) is 0 Å². The molecule has 0 aliphatic rings. The molecule has 118 valence electrons. The number of nitrogens with zero attached hydrogens (tertiary/aromatic N) is 2. The van der Waals surface area contributed by atoms with E-state index in [1.807, 2.05) is 28.7 Å². The molecule has 1 aromatic heterocycles. The van der Waals surface area contributed by atoms with Crippen molar-refractivity contribution in [2.24, 2.45) is 0 Å². The predicted octanol–water partition coefficient (Wildman–Crippen LogP) is 4.73. The lowest BCUT2D eigenvalue weighted by atomic mass is 9.92. The SMILES string of the molecule is C=CCC(c1cnc(CO)c(C#CI)n1)c1ccc(Cl)cc1Cl. The summed E-state index contributed by atoms with van der Waals surface area (Å²) in [5.41, 5.74) is 2.55. The number of halogens is 3. The summed E-state index contributed by atoms with van der Waals surface area (Å²) in [6, 6.07) is 5.37. The van der Waals surface area contributed by atoms with E-state index >= 15 is 0 Å². The summed E-state index contributed by atoms with van der Waals surface area (Å²) in [5, 5.41) is 10.5. The number of aliphatic hydroxyl groups is 1. The quantitative estimate of drug-likeness (QED) is 0.400. The molecule has 0 saturated carbocycles. The zero-order chi connectivity index (χ0) is 16.8. The Morgan fingerprint density at radius 1 is 1.39 bits per heavy atom. The van der Waals surface area contributed by atoms with Crippen LogP contribution in [-0.2, 0) is 6.61 Å². The van der Waals surface area contributed by atoms with Gasteiger partial charge >= 0.3 is 0 Å². The molecule has 0 aliphatic carbocycles. The standard InChI is InChI=1S/C17H13Cl2IN2O/c1-2-3-13(12-5-4-11(18)8-14(12)19)16-9-21-17(10-23)15(22-16)6-7-20/h2,4-5,8-9,13,23H,1,3,10H2. The summed E-state index contributed by atoms with van der Waals surface area (Å²) in [6.07, 6.45) is 4.09. The van der Waals surface area contributed by atoms with Crippen molar-refractivity contribution in [2.45, 2.75) is 18.9 Å². The Balaban J connectivity index is 2.54. The molecule has 1 aromatic carbocycles. The Hall–Kier alpha value is -1.13. The molecule has 0 radical (unpaired) electrons. The van der Waals surface area contributed by atoms with Crippen molar-refractivity contribution in [2.75, 3.05) is 0 Å². The van der Waals surface area contributed by atoms with Crippen LogP contribution in [0.1, 0.15) is 35.0 Å². The zero-order valence-corrected chi connectivity index (χ0v) is 15.7. The molecule has 1 atom stereocenters. The van der Waals surface area contributed by atoms with Crippen molar-refractivity contribution in [3.8, 4) is 9.85 Å². The average molecular weight is 459 g/mol. The van der Waals surface area contributed by atoms with Crippen molar-refractivity contribution >= 4 is 45.8 Å². The third kappa shape index (κ3) is 4.45. The maximum atomic E-state index is 9.34. The summed E-state index contributed by atoms with van der Waals surface area (Å²) in [6.45, 7) is 3.60. The molecule has 1 unspecified atom stereocenters. The van der Waals surface area contributed by atoms with Gasteiger partial charge in [-0.1, -0.05) is 35.3 Å². The first-order valence-electron chi connectivity index (χ1n) is 6.74. The summed E-state index contributed by atoms with van der Waals surface area (Å²) in [5.74, 6) is 2.76. The first kappa shape index (κ1) is 18.2. The number of rotatable bonds is 5. The van der Waals surface area contributed by atoms with Gasteiger partial charge in [-0.05, 0) is 34.0 Å². The van der Waals surface area contributed by atoms with Crippen LogP contribution in [0, 0.1) is 9.85 Å². The van der Waals surface area contributed by atoms with Crippen LogP contribution < -0.4 is 0 Å². The zero-order valence-electron chi connectivity index (χ0n) is 12.1. The first-order valence-corrected chi connectivity index (χ1v) is 8.58. The molecule has 1 heterocycles. The third-order valence-electron chi connectivity index (χ3n) is 3.28. The Kier molecular flexibility index (Phi) is 6.85. The van der Waals surface area contributed by atoms with Gasteiger partial charge in [0.15, 0.2) is 0 Å². The van der Waals surface area contributed by atoms with E-state index in [2.05, 4.69) is 26.4 Å². The highest BCUT2D eigenvalue weighted by molar-refractivity contribution is 14.1. The summed E-state index contributed by atoms with van der Waals surface area (Å²) in [7, 11) is 0. The van der Waals surface area contributed by atoms with Crippen LogP contribution in [-0.4, -0.2) is 15.1 Å². The van der Waals surface area contributed by atoms with Crippen molar-refractivity contribution in [3.63, 3.8) is 0 Å². The highest BCUT2D eigenvalue weighted by Crippen LogP contribution is 2.33. The number of aliphatic hydroxyl groups excluding tert-OH is 1. The number of hydrogen-bond acceptors (Lipinski definition) is 3. The Morgan fingerprint density at radius 2 is 2.17 bits per heavy atom. The topological polar surface area (TPSA) is 46.0 Å².